The van der Waals surface area contributed by atoms with Gasteiger partial charge in [0.1, 0.15) is 0 Å². The van der Waals surface area contributed by atoms with Crippen molar-refractivity contribution in [1.82, 2.24) is 0 Å². The summed E-state index contributed by atoms with van der Waals surface area (Å²) in [6.07, 6.45) is 7.36. The van der Waals surface area contributed by atoms with Crippen LogP contribution in [0.1, 0.15) is 43.2 Å². The van der Waals surface area contributed by atoms with E-state index < -0.39 is 0 Å². The monoisotopic (exact) mass is 717 g/mol. The predicted octanol–water partition coefficient (Wildman–Crippen LogP) is 14.5. The number of anilines is 3. The lowest BCUT2D eigenvalue weighted by Crippen LogP contribution is -2.50. The maximum Gasteiger partial charge on any atom is 0.0546 e. The maximum absolute atomic E-state index is 2.57. The van der Waals surface area contributed by atoms with Gasteiger partial charge < -0.3 is 4.90 Å². The third kappa shape index (κ3) is 4.01. The van der Waals surface area contributed by atoms with Crippen LogP contribution < -0.4 is 4.90 Å². The molecular formula is C55H43N. The number of para-hydroxylation sites is 1. The quantitative estimate of drug-likeness (QED) is 0.160. The highest BCUT2D eigenvalue weighted by atomic mass is 15.1. The zero-order valence-electron chi connectivity index (χ0n) is 31.5. The first-order valence-electron chi connectivity index (χ1n) is 20.9. The zero-order chi connectivity index (χ0) is 36.6. The number of fused-ring (bicyclic) bond motifs is 12. The van der Waals surface area contributed by atoms with E-state index in [1.54, 1.807) is 11.1 Å². The van der Waals surface area contributed by atoms with E-state index in [1.807, 2.05) is 0 Å². The van der Waals surface area contributed by atoms with Gasteiger partial charge in [-0.05, 0) is 147 Å². The van der Waals surface area contributed by atoms with Gasteiger partial charge in [0, 0.05) is 22.1 Å². The van der Waals surface area contributed by atoms with Crippen LogP contribution in [0.4, 0.5) is 17.1 Å². The third-order valence-corrected chi connectivity index (χ3v) is 15.6. The van der Waals surface area contributed by atoms with Crippen LogP contribution in [0.5, 0.6) is 0 Å². The summed E-state index contributed by atoms with van der Waals surface area (Å²) >= 11 is 0. The molecule has 0 heterocycles. The van der Waals surface area contributed by atoms with E-state index in [-0.39, 0.29) is 5.41 Å². The van der Waals surface area contributed by atoms with Gasteiger partial charge in [0.2, 0.25) is 0 Å². The Morgan fingerprint density at radius 2 is 1.11 bits per heavy atom. The molecule has 0 amide bonds. The molecule has 5 aliphatic carbocycles. The molecule has 268 valence electrons. The van der Waals surface area contributed by atoms with E-state index in [0.29, 0.717) is 5.41 Å². The second kappa shape index (κ2) is 11.3. The van der Waals surface area contributed by atoms with Gasteiger partial charge in [-0.1, -0.05) is 146 Å². The Balaban J connectivity index is 0.959. The van der Waals surface area contributed by atoms with Crippen molar-refractivity contribution < 1.29 is 0 Å². The molecule has 0 saturated heterocycles. The summed E-state index contributed by atoms with van der Waals surface area (Å²) < 4.78 is 0. The van der Waals surface area contributed by atoms with Crippen LogP contribution in [0, 0.1) is 29.1 Å². The van der Waals surface area contributed by atoms with Crippen molar-refractivity contribution >= 4 is 38.6 Å². The molecule has 8 aromatic rings. The molecule has 0 radical (unpaired) electrons. The van der Waals surface area contributed by atoms with Crippen LogP contribution in [-0.2, 0) is 5.41 Å². The predicted molar refractivity (Wildman–Crippen MR) is 233 cm³/mol. The first-order valence-corrected chi connectivity index (χ1v) is 20.9. The van der Waals surface area contributed by atoms with Gasteiger partial charge >= 0.3 is 0 Å². The Morgan fingerprint density at radius 3 is 1.98 bits per heavy atom. The van der Waals surface area contributed by atoms with E-state index in [0.717, 1.165) is 29.4 Å². The SMILES string of the molecule is c1ccc(-c2ccccc2N(c2ccc(-c3ccc4c(c3)-c3ccccc3C43C4CC5CC6CC3C6(C5)C4)cc2)c2cc3ccccc3c3ccccc23)cc1. The number of rotatable bonds is 5. The highest BCUT2D eigenvalue weighted by molar-refractivity contribution is 6.15. The van der Waals surface area contributed by atoms with E-state index >= 15 is 0 Å². The number of hydrogen-bond donors (Lipinski definition) is 0. The summed E-state index contributed by atoms with van der Waals surface area (Å²) in [6.45, 7) is 0. The maximum atomic E-state index is 2.57. The fraction of sp³-hybridized carbons (Fsp3) is 0.200. The molecule has 0 N–H and O–H groups in total. The molecule has 3 bridgehead atoms. The molecule has 8 aromatic carbocycles. The standard InChI is InChI=1S/C55H43N/c1-2-12-37(13-3-1)44-16-9-11-21-51(44)56(52-31-39-14-4-5-15-43(39)45-17-6-7-19-47(45)52)42-25-22-36(23-26-42)38-24-27-50-48(30-38)46-18-8-10-20-49(46)55(50)41-29-35-28-40-32-53(55)54(40,33-35)34-41/h1-27,30-31,35,40-41,53H,28-29,32-34H2. The molecule has 2 spiro atoms. The lowest BCUT2D eigenvalue weighted by molar-refractivity contribution is -0.0193. The Morgan fingerprint density at radius 1 is 0.429 bits per heavy atom. The fourth-order valence-corrected chi connectivity index (χ4v) is 13.6. The van der Waals surface area contributed by atoms with Gasteiger partial charge in [0.25, 0.3) is 0 Å². The topological polar surface area (TPSA) is 3.24 Å². The second-order valence-corrected chi connectivity index (χ2v) is 17.8. The minimum absolute atomic E-state index is 0.218. The molecule has 1 nitrogen and oxygen atoms in total. The van der Waals surface area contributed by atoms with E-state index in [9.17, 15) is 0 Å². The fourth-order valence-electron chi connectivity index (χ4n) is 13.6. The van der Waals surface area contributed by atoms with Gasteiger partial charge in [-0.15, -0.1) is 0 Å². The average molecular weight is 718 g/mol. The highest BCUT2D eigenvalue weighted by Gasteiger charge is 2.76. The lowest BCUT2D eigenvalue weighted by Gasteiger charge is -2.54. The van der Waals surface area contributed by atoms with Crippen molar-refractivity contribution in [2.75, 3.05) is 4.90 Å². The minimum Gasteiger partial charge on any atom is -0.309 e. The van der Waals surface area contributed by atoms with Crippen LogP contribution in [0.2, 0.25) is 0 Å². The second-order valence-electron chi connectivity index (χ2n) is 17.8. The van der Waals surface area contributed by atoms with E-state index in [2.05, 4.69) is 181 Å². The normalized spacial score (nSPS) is 26.0. The summed E-state index contributed by atoms with van der Waals surface area (Å²) in [6, 6.07) is 66.3. The highest BCUT2D eigenvalue weighted by Crippen LogP contribution is 2.83. The molecule has 6 unspecified atom stereocenters. The summed E-state index contributed by atoms with van der Waals surface area (Å²) in [5.41, 5.74) is 15.6. The molecule has 1 heteroatoms. The molecular weight excluding hydrogens is 675 g/mol. The smallest absolute Gasteiger partial charge is 0.0546 e. The molecule has 56 heavy (non-hydrogen) atoms. The molecule has 0 aliphatic heterocycles. The van der Waals surface area contributed by atoms with Gasteiger partial charge in [-0.3, -0.25) is 0 Å². The molecule has 6 atom stereocenters. The number of benzene rings is 8. The Kier molecular flexibility index (Phi) is 6.33. The van der Waals surface area contributed by atoms with Gasteiger partial charge in [-0.25, -0.2) is 0 Å². The van der Waals surface area contributed by atoms with Crippen LogP contribution in [0.25, 0.3) is 54.9 Å². The minimum atomic E-state index is 0.218. The van der Waals surface area contributed by atoms with Gasteiger partial charge in [0.15, 0.2) is 0 Å². The van der Waals surface area contributed by atoms with Crippen LogP contribution >= 0.6 is 0 Å². The van der Waals surface area contributed by atoms with Crippen molar-refractivity contribution in [2.24, 2.45) is 29.1 Å². The Labute approximate surface area is 329 Å². The summed E-state index contributed by atoms with van der Waals surface area (Å²) in [5.74, 6) is 3.56. The largest absolute Gasteiger partial charge is 0.309 e. The van der Waals surface area contributed by atoms with Crippen molar-refractivity contribution in [3.05, 3.63) is 187 Å². The Hall–Kier alpha value is -5.92. The number of hydrogen-bond acceptors (Lipinski definition) is 1. The Bertz CT molecular complexity index is 2890. The summed E-state index contributed by atoms with van der Waals surface area (Å²) in [7, 11) is 0. The first-order chi connectivity index (χ1) is 27.7. The van der Waals surface area contributed by atoms with Crippen LogP contribution in [0.15, 0.2) is 176 Å². The van der Waals surface area contributed by atoms with Crippen LogP contribution in [0.3, 0.4) is 0 Å². The average Bonchev–Trinajstić information content (AvgIpc) is 3.72. The first kappa shape index (κ1) is 31.3. The lowest BCUT2D eigenvalue weighted by atomic mass is 9.49. The summed E-state index contributed by atoms with van der Waals surface area (Å²) in [5, 5.41) is 5.04. The van der Waals surface area contributed by atoms with Gasteiger partial charge in [0.05, 0.1) is 11.4 Å². The molecule has 13 rings (SSSR count). The van der Waals surface area contributed by atoms with E-state index in [1.165, 1.54) is 98.4 Å². The van der Waals surface area contributed by atoms with E-state index in [4.69, 9.17) is 0 Å². The number of nitrogens with zero attached hydrogens (tertiary/aromatic N) is 1. The van der Waals surface area contributed by atoms with Crippen molar-refractivity contribution in [3.63, 3.8) is 0 Å². The van der Waals surface area contributed by atoms with Crippen molar-refractivity contribution in [2.45, 2.75) is 37.5 Å². The summed E-state index contributed by atoms with van der Waals surface area (Å²) in [4.78, 5) is 2.49. The van der Waals surface area contributed by atoms with Crippen molar-refractivity contribution in [3.8, 4) is 33.4 Å². The molecule has 5 aliphatic rings. The molecule has 4 saturated carbocycles. The zero-order valence-corrected chi connectivity index (χ0v) is 31.5. The van der Waals surface area contributed by atoms with Crippen LogP contribution in [-0.4, -0.2) is 0 Å². The molecule has 0 aromatic heterocycles. The third-order valence-electron chi connectivity index (χ3n) is 15.6. The molecule has 4 fully saturated rings. The van der Waals surface area contributed by atoms with Gasteiger partial charge in [-0.2, -0.15) is 0 Å². The van der Waals surface area contributed by atoms with Crippen molar-refractivity contribution in [1.29, 1.82) is 0 Å².